The second-order valence-corrected chi connectivity index (χ2v) is 4.77. The van der Waals surface area contributed by atoms with Gasteiger partial charge in [0.25, 0.3) is 0 Å². The van der Waals surface area contributed by atoms with E-state index in [1.54, 1.807) is 0 Å². The Kier molecular flexibility index (Phi) is 2.68. The van der Waals surface area contributed by atoms with Crippen LogP contribution in [-0.2, 0) is 13.7 Å². The van der Waals surface area contributed by atoms with Gasteiger partial charge < -0.3 is 14.1 Å². The van der Waals surface area contributed by atoms with Crippen LogP contribution in [0.4, 0.5) is 0 Å². The van der Waals surface area contributed by atoms with Gasteiger partial charge in [-0.2, -0.15) is 0 Å². The van der Waals surface area contributed by atoms with Gasteiger partial charge >= 0.3 is 0 Å². The highest BCUT2D eigenvalue weighted by molar-refractivity contribution is 5.79. The lowest BCUT2D eigenvalue weighted by Gasteiger charge is -2.05. The molecule has 2 aromatic heterocycles. The Morgan fingerprint density at radius 1 is 1.26 bits per heavy atom. The summed E-state index contributed by atoms with van der Waals surface area (Å²) < 4.78 is 7.64. The van der Waals surface area contributed by atoms with Crippen LogP contribution in [0.3, 0.4) is 0 Å². The summed E-state index contributed by atoms with van der Waals surface area (Å²) in [5.74, 6) is 0.672. The van der Waals surface area contributed by atoms with Gasteiger partial charge in [0.1, 0.15) is 5.52 Å². The van der Waals surface area contributed by atoms with Crippen molar-refractivity contribution in [3.8, 4) is 11.3 Å². The lowest BCUT2D eigenvalue weighted by Crippen LogP contribution is -1.95. The predicted molar refractivity (Wildman–Crippen MR) is 73.8 cm³/mol. The van der Waals surface area contributed by atoms with Crippen LogP contribution in [0.15, 0.2) is 28.7 Å². The highest BCUT2D eigenvalue weighted by Gasteiger charge is 2.11. The van der Waals surface area contributed by atoms with E-state index < -0.39 is 0 Å². The molecule has 0 aliphatic rings. The third-order valence-electron chi connectivity index (χ3n) is 3.60. The van der Waals surface area contributed by atoms with Gasteiger partial charge in [-0.15, -0.1) is 0 Å². The summed E-state index contributed by atoms with van der Waals surface area (Å²) in [6.07, 6.45) is 0. The maximum absolute atomic E-state index is 9.34. The van der Waals surface area contributed by atoms with E-state index >= 15 is 0 Å². The SMILES string of the molecule is Cc1nc2ccc(-c3cc(CO)c(C)n3C)cc2o1. The average molecular weight is 256 g/mol. The second kappa shape index (κ2) is 4.24. The molecule has 0 amide bonds. The fourth-order valence-electron chi connectivity index (χ4n) is 2.40. The molecule has 4 nitrogen and oxygen atoms in total. The zero-order valence-corrected chi connectivity index (χ0v) is 11.3. The average Bonchev–Trinajstić information content (AvgIpc) is 2.90. The predicted octanol–water partition coefficient (Wildman–Crippen LogP) is 2.94. The monoisotopic (exact) mass is 256 g/mol. The van der Waals surface area contributed by atoms with E-state index in [9.17, 15) is 5.11 Å². The number of oxazole rings is 1. The molecule has 4 heteroatoms. The van der Waals surface area contributed by atoms with Crippen LogP contribution in [0, 0.1) is 13.8 Å². The zero-order valence-electron chi connectivity index (χ0n) is 11.3. The lowest BCUT2D eigenvalue weighted by molar-refractivity contribution is 0.281. The molecule has 98 valence electrons. The molecule has 1 aromatic carbocycles. The summed E-state index contributed by atoms with van der Waals surface area (Å²) in [4.78, 5) is 4.30. The molecule has 19 heavy (non-hydrogen) atoms. The number of aryl methyl sites for hydroxylation is 1. The minimum absolute atomic E-state index is 0.0589. The molecule has 0 unspecified atom stereocenters. The van der Waals surface area contributed by atoms with E-state index in [0.29, 0.717) is 5.89 Å². The summed E-state index contributed by atoms with van der Waals surface area (Å²) in [6, 6.07) is 7.99. The van der Waals surface area contributed by atoms with Crippen molar-refractivity contribution in [1.82, 2.24) is 9.55 Å². The minimum Gasteiger partial charge on any atom is -0.441 e. The molecular formula is C15H16N2O2. The van der Waals surface area contributed by atoms with Gasteiger partial charge in [-0.3, -0.25) is 0 Å². The molecule has 0 radical (unpaired) electrons. The highest BCUT2D eigenvalue weighted by atomic mass is 16.3. The van der Waals surface area contributed by atoms with Gasteiger partial charge in [-0.05, 0) is 30.7 Å². The van der Waals surface area contributed by atoms with Gasteiger partial charge in [0.2, 0.25) is 0 Å². The largest absolute Gasteiger partial charge is 0.441 e. The third-order valence-corrected chi connectivity index (χ3v) is 3.60. The number of fused-ring (bicyclic) bond motifs is 1. The van der Waals surface area contributed by atoms with Crippen molar-refractivity contribution in [3.05, 3.63) is 41.4 Å². The molecule has 0 atom stereocenters. The number of aromatic nitrogens is 2. The normalized spacial score (nSPS) is 11.4. The number of aliphatic hydroxyl groups is 1. The molecule has 1 N–H and O–H groups in total. The van der Waals surface area contributed by atoms with Gasteiger partial charge in [-0.25, -0.2) is 4.98 Å². The number of hydrogen-bond acceptors (Lipinski definition) is 3. The number of rotatable bonds is 2. The number of benzene rings is 1. The van der Waals surface area contributed by atoms with Crippen molar-refractivity contribution in [2.24, 2.45) is 7.05 Å². The van der Waals surface area contributed by atoms with Crippen LogP contribution in [0.1, 0.15) is 17.1 Å². The first-order valence-electron chi connectivity index (χ1n) is 6.24. The number of hydrogen-bond donors (Lipinski definition) is 1. The van der Waals surface area contributed by atoms with Crippen LogP contribution in [0.25, 0.3) is 22.4 Å². The first-order valence-corrected chi connectivity index (χ1v) is 6.24. The van der Waals surface area contributed by atoms with Crippen LogP contribution in [0.5, 0.6) is 0 Å². The van der Waals surface area contributed by atoms with Crippen LogP contribution >= 0.6 is 0 Å². The molecule has 0 aliphatic heterocycles. The van der Waals surface area contributed by atoms with Gasteiger partial charge in [0.05, 0.1) is 6.61 Å². The zero-order chi connectivity index (χ0) is 13.6. The van der Waals surface area contributed by atoms with Crippen LogP contribution in [-0.4, -0.2) is 14.7 Å². The maximum atomic E-state index is 9.34. The Labute approximate surface area is 111 Å². The minimum atomic E-state index is 0.0589. The Bertz CT molecular complexity index is 753. The molecular weight excluding hydrogens is 240 g/mol. The van der Waals surface area contributed by atoms with E-state index in [0.717, 1.165) is 33.6 Å². The van der Waals surface area contributed by atoms with Gasteiger partial charge in [0, 0.05) is 30.9 Å². The molecule has 3 aromatic rings. The van der Waals surface area contributed by atoms with E-state index in [4.69, 9.17) is 4.42 Å². The van der Waals surface area contributed by atoms with Gasteiger partial charge in [0.15, 0.2) is 11.5 Å². The van der Waals surface area contributed by atoms with Crippen molar-refractivity contribution in [2.75, 3.05) is 0 Å². The molecule has 0 saturated heterocycles. The first-order chi connectivity index (χ1) is 9.10. The first kappa shape index (κ1) is 12.0. The smallest absolute Gasteiger partial charge is 0.192 e. The van der Waals surface area contributed by atoms with Crippen molar-refractivity contribution < 1.29 is 9.52 Å². The van der Waals surface area contributed by atoms with E-state index in [-0.39, 0.29) is 6.61 Å². The van der Waals surface area contributed by atoms with Crippen molar-refractivity contribution in [3.63, 3.8) is 0 Å². The highest BCUT2D eigenvalue weighted by Crippen LogP contribution is 2.28. The molecule has 2 heterocycles. The molecule has 0 saturated carbocycles. The lowest BCUT2D eigenvalue weighted by atomic mass is 10.1. The quantitative estimate of drug-likeness (QED) is 0.767. The summed E-state index contributed by atoms with van der Waals surface area (Å²) in [5.41, 5.74) is 5.82. The Morgan fingerprint density at radius 3 is 2.74 bits per heavy atom. The van der Waals surface area contributed by atoms with E-state index in [2.05, 4.69) is 9.55 Å². The molecule has 0 aliphatic carbocycles. The summed E-state index contributed by atoms with van der Waals surface area (Å²) in [7, 11) is 2.00. The van der Waals surface area contributed by atoms with Crippen LogP contribution < -0.4 is 0 Å². The van der Waals surface area contributed by atoms with Crippen molar-refractivity contribution >= 4 is 11.1 Å². The number of aliphatic hydroxyl groups excluding tert-OH is 1. The summed E-state index contributed by atoms with van der Waals surface area (Å²) in [5, 5.41) is 9.34. The summed E-state index contributed by atoms with van der Waals surface area (Å²) in [6.45, 7) is 3.91. The third kappa shape index (κ3) is 1.85. The summed E-state index contributed by atoms with van der Waals surface area (Å²) >= 11 is 0. The van der Waals surface area contributed by atoms with Gasteiger partial charge in [-0.1, -0.05) is 6.07 Å². The van der Waals surface area contributed by atoms with E-state index in [1.165, 1.54) is 0 Å². The number of nitrogens with zero attached hydrogens (tertiary/aromatic N) is 2. The molecule has 0 fully saturated rings. The Balaban J connectivity index is 2.18. The maximum Gasteiger partial charge on any atom is 0.192 e. The van der Waals surface area contributed by atoms with Crippen molar-refractivity contribution in [1.29, 1.82) is 0 Å². The topological polar surface area (TPSA) is 51.2 Å². The Morgan fingerprint density at radius 2 is 2.05 bits per heavy atom. The van der Waals surface area contributed by atoms with E-state index in [1.807, 2.05) is 45.2 Å². The fourth-order valence-corrected chi connectivity index (χ4v) is 2.40. The standard InChI is InChI=1S/C15H16N2O2/c1-9-12(8-18)6-14(17(9)3)11-4-5-13-15(7-11)19-10(2)16-13/h4-7,18H,8H2,1-3H3. The van der Waals surface area contributed by atoms with Crippen molar-refractivity contribution in [2.45, 2.75) is 20.5 Å². The fraction of sp³-hybridized carbons (Fsp3) is 0.267. The molecule has 3 rings (SSSR count). The molecule has 0 bridgehead atoms. The Hall–Kier alpha value is -2.07. The molecule has 0 spiro atoms. The second-order valence-electron chi connectivity index (χ2n) is 4.77. The van der Waals surface area contributed by atoms with Crippen LogP contribution in [0.2, 0.25) is 0 Å².